The van der Waals surface area contributed by atoms with Crippen LogP contribution in [0, 0.1) is 13.8 Å². The second kappa shape index (κ2) is 5.99. The van der Waals surface area contributed by atoms with Gasteiger partial charge < -0.3 is 9.80 Å². The van der Waals surface area contributed by atoms with E-state index in [1.807, 2.05) is 13.8 Å². The SMILES string of the molecule is Cc1nc2c(c(C)c1Cl)CN1C(=O)N(C3CN(CC(F)(F)F)C3)CCC21. The Morgan fingerprint density at radius 1 is 1.23 bits per heavy atom. The maximum absolute atomic E-state index is 12.9. The highest BCUT2D eigenvalue weighted by Crippen LogP contribution is 2.42. The number of hydrogen-bond acceptors (Lipinski definition) is 3. The van der Waals surface area contributed by atoms with Crippen LogP contribution in [-0.2, 0) is 6.54 Å². The molecule has 0 saturated carbocycles. The summed E-state index contributed by atoms with van der Waals surface area (Å²) in [7, 11) is 0. The molecule has 26 heavy (non-hydrogen) atoms. The van der Waals surface area contributed by atoms with Crippen molar-refractivity contribution >= 4 is 17.6 Å². The zero-order valence-electron chi connectivity index (χ0n) is 14.6. The van der Waals surface area contributed by atoms with Crippen molar-refractivity contribution in [2.75, 3.05) is 26.2 Å². The fourth-order valence-corrected chi connectivity index (χ4v) is 4.43. The molecule has 142 valence electrons. The van der Waals surface area contributed by atoms with E-state index >= 15 is 0 Å². The molecule has 5 nitrogen and oxygen atoms in total. The highest BCUT2D eigenvalue weighted by Gasteiger charge is 2.47. The van der Waals surface area contributed by atoms with E-state index in [4.69, 9.17) is 11.6 Å². The summed E-state index contributed by atoms with van der Waals surface area (Å²) in [4.78, 5) is 22.4. The minimum Gasteiger partial charge on any atom is -0.319 e. The zero-order valence-corrected chi connectivity index (χ0v) is 15.4. The summed E-state index contributed by atoms with van der Waals surface area (Å²) in [6.07, 6.45) is -3.46. The van der Waals surface area contributed by atoms with E-state index in [0.29, 0.717) is 18.1 Å². The van der Waals surface area contributed by atoms with Gasteiger partial charge in [0.05, 0.1) is 41.6 Å². The molecule has 0 bridgehead atoms. The van der Waals surface area contributed by atoms with Crippen molar-refractivity contribution in [2.45, 2.75) is 45.1 Å². The number of aromatic nitrogens is 1. The van der Waals surface area contributed by atoms with Gasteiger partial charge in [0, 0.05) is 19.6 Å². The Kier molecular flexibility index (Phi) is 4.11. The Hall–Kier alpha value is -1.54. The van der Waals surface area contributed by atoms with Gasteiger partial charge in [-0.1, -0.05) is 11.6 Å². The lowest BCUT2D eigenvalue weighted by atomic mass is 10.0. The maximum Gasteiger partial charge on any atom is 0.401 e. The molecule has 4 rings (SSSR count). The van der Waals surface area contributed by atoms with Crippen molar-refractivity contribution in [1.29, 1.82) is 0 Å². The Labute approximate surface area is 154 Å². The summed E-state index contributed by atoms with van der Waals surface area (Å²) in [5.41, 5.74) is 3.65. The normalized spacial score (nSPS) is 23.9. The number of urea groups is 1. The van der Waals surface area contributed by atoms with Crippen molar-refractivity contribution in [3.05, 3.63) is 27.5 Å². The van der Waals surface area contributed by atoms with Gasteiger partial charge in [-0.2, -0.15) is 13.2 Å². The molecule has 2 amide bonds. The minimum atomic E-state index is -4.20. The van der Waals surface area contributed by atoms with E-state index in [2.05, 4.69) is 4.98 Å². The van der Waals surface area contributed by atoms with Crippen molar-refractivity contribution in [2.24, 2.45) is 0 Å². The maximum atomic E-state index is 12.9. The number of rotatable bonds is 2. The second-order valence-corrected chi connectivity index (χ2v) is 7.75. The van der Waals surface area contributed by atoms with Crippen molar-refractivity contribution in [3.63, 3.8) is 0 Å². The van der Waals surface area contributed by atoms with Gasteiger partial charge in [0.2, 0.25) is 0 Å². The minimum absolute atomic E-state index is 0.0604. The lowest BCUT2D eigenvalue weighted by Crippen LogP contribution is -2.65. The number of alkyl halides is 3. The molecule has 1 aromatic rings. The molecule has 1 unspecified atom stereocenters. The van der Waals surface area contributed by atoms with Crippen LogP contribution in [0.5, 0.6) is 0 Å². The van der Waals surface area contributed by atoms with Crippen LogP contribution in [-0.4, -0.2) is 64.1 Å². The van der Waals surface area contributed by atoms with Gasteiger partial charge in [0.1, 0.15) is 0 Å². The third kappa shape index (κ3) is 2.83. The lowest BCUT2D eigenvalue weighted by molar-refractivity contribution is -0.159. The number of hydrogen-bond donors (Lipinski definition) is 0. The largest absolute Gasteiger partial charge is 0.401 e. The van der Waals surface area contributed by atoms with E-state index < -0.39 is 12.7 Å². The molecule has 0 radical (unpaired) electrons. The van der Waals surface area contributed by atoms with Crippen LogP contribution >= 0.6 is 11.6 Å². The van der Waals surface area contributed by atoms with Crippen molar-refractivity contribution in [3.8, 4) is 0 Å². The molecule has 3 aliphatic heterocycles. The Balaban J connectivity index is 1.47. The number of amides is 2. The summed E-state index contributed by atoms with van der Waals surface area (Å²) in [5.74, 6) is 0. The Morgan fingerprint density at radius 3 is 2.58 bits per heavy atom. The van der Waals surface area contributed by atoms with Gasteiger partial charge in [-0.05, 0) is 31.4 Å². The van der Waals surface area contributed by atoms with Gasteiger partial charge in [0.15, 0.2) is 0 Å². The van der Waals surface area contributed by atoms with E-state index in [-0.39, 0.29) is 31.2 Å². The molecular weight excluding hydrogens is 369 g/mol. The summed E-state index contributed by atoms with van der Waals surface area (Å²) in [6.45, 7) is 4.46. The predicted molar refractivity (Wildman–Crippen MR) is 90.0 cm³/mol. The summed E-state index contributed by atoms with van der Waals surface area (Å²) < 4.78 is 37.4. The van der Waals surface area contributed by atoms with E-state index in [1.54, 1.807) is 9.80 Å². The first kappa shape index (κ1) is 17.9. The Morgan fingerprint density at radius 2 is 1.92 bits per heavy atom. The quantitative estimate of drug-likeness (QED) is 0.780. The zero-order chi connectivity index (χ0) is 18.8. The number of carbonyl (C=O) groups excluding carboxylic acids is 1. The molecule has 0 aromatic carbocycles. The van der Waals surface area contributed by atoms with Gasteiger partial charge in [-0.3, -0.25) is 9.88 Å². The lowest BCUT2D eigenvalue weighted by Gasteiger charge is -2.49. The first-order chi connectivity index (χ1) is 12.2. The summed E-state index contributed by atoms with van der Waals surface area (Å²) in [5, 5.41) is 0.634. The van der Waals surface area contributed by atoms with Crippen LogP contribution in [0.1, 0.15) is 35.0 Å². The number of likely N-dealkylation sites (tertiary alicyclic amines) is 1. The van der Waals surface area contributed by atoms with Gasteiger partial charge in [-0.15, -0.1) is 0 Å². The standard InChI is InChI=1S/C17H20ClF3N4O/c1-9-12-7-25-13(15(12)22-10(2)14(9)18)3-4-24(16(25)26)11-5-23(6-11)8-17(19,20)21/h11,13H,3-8H2,1-2H3. The number of halogens is 4. The molecule has 2 fully saturated rings. The molecule has 1 atom stereocenters. The highest BCUT2D eigenvalue weighted by atomic mass is 35.5. The molecule has 0 N–H and O–H groups in total. The highest BCUT2D eigenvalue weighted by molar-refractivity contribution is 6.32. The molecule has 0 aliphatic carbocycles. The van der Waals surface area contributed by atoms with Crippen molar-refractivity contribution < 1.29 is 18.0 Å². The number of pyridine rings is 1. The second-order valence-electron chi connectivity index (χ2n) is 7.37. The van der Waals surface area contributed by atoms with Crippen molar-refractivity contribution in [1.82, 2.24) is 19.7 Å². The van der Waals surface area contributed by atoms with Crippen LogP contribution in [0.25, 0.3) is 0 Å². The number of nitrogens with zero attached hydrogens (tertiary/aromatic N) is 4. The van der Waals surface area contributed by atoms with Crippen LogP contribution in [0.4, 0.5) is 18.0 Å². The predicted octanol–water partition coefficient (Wildman–Crippen LogP) is 3.28. The molecule has 3 aliphatic rings. The average Bonchev–Trinajstić information content (AvgIpc) is 2.88. The number of fused-ring (bicyclic) bond motifs is 3. The smallest absolute Gasteiger partial charge is 0.319 e. The monoisotopic (exact) mass is 388 g/mol. The molecule has 2 saturated heterocycles. The van der Waals surface area contributed by atoms with E-state index in [1.165, 1.54) is 4.90 Å². The topological polar surface area (TPSA) is 39.7 Å². The summed E-state index contributed by atoms with van der Waals surface area (Å²) >= 11 is 6.30. The van der Waals surface area contributed by atoms with Crippen LogP contribution in [0.3, 0.4) is 0 Å². The molecule has 1 aromatic heterocycles. The third-order valence-electron chi connectivity index (χ3n) is 5.63. The number of carbonyl (C=O) groups is 1. The van der Waals surface area contributed by atoms with Crippen LogP contribution < -0.4 is 0 Å². The third-order valence-corrected chi connectivity index (χ3v) is 6.19. The molecular formula is C17H20ClF3N4O. The van der Waals surface area contributed by atoms with Gasteiger partial charge in [0.25, 0.3) is 0 Å². The average molecular weight is 389 g/mol. The van der Waals surface area contributed by atoms with E-state index in [0.717, 1.165) is 28.9 Å². The summed E-state index contributed by atoms with van der Waals surface area (Å²) in [6, 6.07) is -0.312. The first-order valence-corrected chi connectivity index (χ1v) is 9.05. The fraction of sp³-hybridized carbons (Fsp3) is 0.647. The van der Waals surface area contributed by atoms with E-state index in [9.17, 15) is 18.0 Å². The Bertz CT molecular complexity index is 763. The van der Waals surface area contributed by atoms with Crippen LogP contribution in [0.15, 0.2) is 0 Å². The fourth-order valence-electron chi connectivity index (χ4n) is 4.27. The van der Waals surface area contributed by atoms with Gasteiger partial charge >= 0.3 is 12.2 Å². The molecule has 0 spiro atoms. The number of aryl methyl sites for hydroxylation is 1. The molecule has 4 heterocycles. The van der Waals surface area contributed by atoms with Gasteiger partial charge in [-0.25, -0.2) is 4.79 Å². The first-order valence-electron chi connectivity index (χ1n) is 8.67. The van der Waals surface area contributed by atoms with Crippen LogP contribution in [0.2, 0.25) is 5.02 Å². The molecule has 9 heteroatoms.